The fourth-order valence-electron chi connectivity index (χ4n) is 2.22. The zero-order valence-electron chi connectivity index (χ0n) is 11.9. The molecule has 2 aromatic rings. The van der Waals surface area contributed by atoms with Crippen LogP contribution < -0.4 is 0 Å². The summed E-state index contributed by atoms with van der Waals surface area (Å²) in [4.78, 5) is 0. The average Bonchev–Trinajstić information content (AvgIpc) is 2.48. The first-order valence-corrected chi connectivity index (χ1v) is 8.53. The van der Waals surface area contributed by atoms with Crippen LogP contribution in [0.5, 0.6) is 0 Å². The largest absolute Gasteiger partial charge is 0.228 e. The molecule has 0 aromatic heterocycles. The third-order valence-corrected chi connectivity index (χ3v) is 5.01. The summed E-state index contributed by atoms with van der Waals surface area (Å²) in [6.45, 7) is 1.89. The summed E-state index contributed by atoms with van der Waals surface area (Å²) in [6, 6.07) is 18.6. The SMILES string of the molecule is Cc1ccccc1CS(=O)(=O)CC(C#N)c1ccccc1. The zero-order chi connectivity index (χ0) is 15.3. The second-order valence-electron chi connectivity index (χ2n) is 5.07. The summed E-state index contributed by atoms with van der Waals surface area (Å²) in [6.07, 6.45) is 0. The lowest BCUT2D eigenvalue weighted by Gasteiger charge is -2.11. The van der Waals surface area contributed by atoms with Crippen molar-refractivity contribution >= 4 is 9.84 Å². The van der Waals surface area contributed by atoms with Gasteiger partial charge >= 0.3 is 0 Å². The van der Waals surface area contributed by atoms with Crippen molar-refractivity contribution in [2.45, 2.75) is 18.6 Å². The van der Waals surface area contributed by atoms with Gasteiger partial charge in [-0.05, 0) is 23.6 Å². The van der Waals surface area contributed by atoms with E-state index in [-0.39, 0.29) is 11.5 Å². The molecule has 0 spiro atoms. The highest BCUT2D eigenvalue weighted by atomic mass is 32.2. The minimum atomic E-state index is -3.34. The Balaban J connectivity index is 2.18. The van der Waals surface area contributed by atoms with E-state index in [1.54, 1.807) is 12.1 Å². The molecule has 108 valence electrons. The second kappa shape index (κ2) is 6.55. The Morgan fingerprint density at radius 3 is 2.29 bits per heavy atom. The van der Waals surface area contributed by atoms with Crippen LogP contribution in [-0.4, -0.2) is 14.2 Å². The number of nitrogens with zero attached hydrogens (tertiary/aromatic N) is 1. The maximum atomic E-state index is 12.3. The molecule has 4 heteroatoms. The molecule has 0 aliphatic heterocycles. The van der Waals surface area contributed by atoms with Gasteiger partial charge < -0.3 is 0 Å². The summed E-state index contributed by atoms with van der Waals surface area (Å²) in [5, 5.41) is 9.25. The number of benzene rings is 2. The summed E-state index contributed by atoms with van der Waals surface area (Å²) < 4.78 is 24.7. The smallest absolute Gasteiger partial charge is 0.156 e. The van der Waals surface area contributed by atoms with Crippen LogP contribution in [0.15, 0.2) is 54.6 Å². The lowest BCUT2D eigenvalue weighted by molar-refractivity contribution is 0.592. The summed E-state index contributed by atoms with van der Waals surface area (Å²) in [7, 11) is -3.34. The van der Waals surface area contributed by atoms with Gasteiger partial charge in [0.2, 0.25) is 0 Å². The van der Waals surface area contributed by atoms with Gasteiger partial charge in [0.05, 0.1) is 23.5 Å². The average molecular weight is 299 g/mol. The van der Waals surface area contributed by atoms with Gasteiger partial charge in [-0.3, -0.25) is 0 Å². The Bertz CT molecular complexity index is 746. The van der Waals surface area contributed by atoms with Gasteiger partial charge in [0.25, 0.3) is 0 Å². The van der Waals surface area contributed by atoms with Gasteiger partial charge in [0.1, 0.15) is 0 Å². The minimum Gasteiger partial charge on any atom is -0.228 e. The molecule has 0 amide bonds. The first-order valence-electron chi connectivity index (χ1n) is 6.71. The Morgan fingerprint density at radius 2 is 1.67 bits per heavy atom. The van der Waals surface area contributed by atoms with Crippen LogP contribution in [0.25, 0.3) is 0 Å². The molecule has 2 rings (SSSR count). The molecule has 2 aromatic carbocycles. The first-order chi connectivity index (χ1) is 10.0. The van der Waals surface area contributed by atoms with E-state index in [1.165, 1.54) is 0 Å². The third kappa shape index (κ3) is 4.17. The van der Waals surface area contributed by atoms with Crippen molar-refractivity contribution in [1.29, 1.82) is 5.26 Å². The predicted molar refractivity (Wildman–Crippen MR) is 83.5 cm³/mol. The predicted octanol–water partition coefficient (Wildman–Crippen LogP) is 3.22. The highest BCUT2D eigenvalue weighted by Gasteiger charge is 2.21. The molecule has 21 heavy (non-hydrogen) atoms. The van der Waals surface area contributed by atoms with E-state index in [0.29, 0.717) is 0 Å². The van der Waals surface area contributed by atoms with Crippen molar-refractivity contribution in [2.75, 3.05) is 5.75 Å². The van der Waals surface area contributed by atoms with Crippen LogP contribution in [0, 0.1) is 18.3 Å². The second-order valence-corrected chi connectivity index (χ2v) is 7.18. The topological polar surface area (TPSA) is 57.9 Å². The first kappa shape index (κ1) is 15.3. The van der Waals surface area contributed by atoms with Crippen LogP contribution >= 0.6 is 0 Å². The Kier molecular flexibility index (Phi) is 4.77. The van der Waals surface area contributed by atoms with Crippen molar-refractivity contribution in [3.05, 3.63) is 71.3 Å². The number of hydrogen-bond acceptors (Lipinski definition) is 3. The molecule has 0 N–H and O–H groups in total. The summed E-state index contributed by atoms with van der Waals surface area (Å²) in [5.41, 5.74) is 2.49. The lowest BCUT2D eigenvalue weighted by atomic mass is 10.0. The van der Waals surface area contributed by atoms with E-state index < -0.39 is 15.8 Å². The lowest BCUT2D eigenvalue weighted by Crippen LogP contribution is -2.16. The summed E-state index contributed by atoms with van der Waals surface area (Å²) >= 11 is 0. The van der Waals surface area contributed by atoms with Gasteiger partial charge in [-0.15, -0.1) is 0 Å². The van der Waals surface area contributed by atoms with E-state index in [1.807, 2.05) is 49.4 Å². The molecule has 0 fully saturated rings. The van der Waals surface area contributed by atoms with Crippen molar-refractivity contribution in [3.63, 3.8) is 0 Å². The van der Waals surface area contributed by atoms with E-state index in [4.69, 9.17) is 0 Å². The Morgan fingerprint density at radius 1 is 1.05 bits per heavy atom. The third-order valence-electron chi connectivity index (χ3n) is 3.42. The van der Waals surface area contributed by atoms with Crippen LogP contribution in [-0.2, 0) is 15.6 Å². The minimum absolute atomic E-state index is 0.0231. The standard InChI is InChI=1S/C17H17NO2S/c1-14-7-5-6-10-16(14)12-21(19,20)13-17(11-18)15-8-3-2-4-9-15/h2-10,17H,12-13H2,1H3. The number of rotatable bonds is 5. The Labute approximate surface area is 125 Å². The molecule has 0 heterocycles. The Hall–Kier alpha value is -2.12. The van der Waals surface area contributed by atoms with Gasteiger partial charge in [-0.2, -0.15) is 5.26 Å². The molecule has 0 saturated carbocycles. The highest BCUT2D eigenvalue weighted by molar-refractivity contribution is 7.90. The van der Waals surface area contributed by atoms with E-state index in [0.717, 1.165) is 16.7 Å². The molecule has 0 aliphatic carbocycles. The molecule has 1 unspecified atom stereocenters. The maximum Gasteiger partial charge on any atom is 0.156 e. The van der Waals surface area contributed by atoms with Gasteiger partial charge in [-0.25, -0.2) is 8.42 Å². The number of hydrogen-bond donors (Lipinski definition) is 0. The molecule has 3 nitrogen and oxygen atoms in total. The van der Waals surface area contributed by atoms with Crippen molar-refractivity contribution in [3.8, 4) is 6.07 Å². The van der Waals surface area contributed by atoms with Gasteiger partial charge in [0.15, 0.2) is 9.84 Å². The molecule has 1 atom stereocenters. The fourth-order valence-corrected chi connectivity index (χ4v) is 3.91. The molecule has 0 saturated heterocycles. The van der Waals surface area contributed by atoms with E-state index >= 15 is 0 Å². The molecular formula is C17H17NO2S. The molecule has 0 bridgehead atoms. The van der Waals surface area contributed by atoms with E-state index in [9.17, 15) is 13.7 Å². The van der Waals surface area contributed by atoms with E-state index in [2.05, 4.69) is 6.07 Å². The molecule has 0 radical (unpaired) electrons. The van der Waals surface area contributed by atoms with Crippen LogP contribution in [0.1, 0.15) is 22.6 Å². The fraction of sp³-hybridized carbons (Fsp3) is 0.235. The number of nitriles is 1. The van der Waals surface area contributed by atoms with Crippen molar-refractivity contribution in [2.24, 2.45) is 0 Å². The van der Waals surface area contributed by atoms with Gasteiger partial charge in [0, 0.05) is 0 Å². The number of sulfone groups is 1. The van der Waals surface area contributed by atoms with Crippen molar-refractivity contribution < 1.29 is 8.42 Å². The van der Waals surface area contributed by atoms with Crippen molar-refractivity contribution in [1.82, 2.24) is 0 Å². The molecule has 0 aliphatic rings. The number of aryl methyl sites for hydroxylation is 1. The van der Waals surface area contributed by atoms with Crippen LogP contribution in [0.2, 0.25) is 0 Å². The maximum absolute atomic E-state index is 12.3. The highest BCUT2D eigenvalue weighted by Crippen LogP contribution is 2.20. The quantitative estimate of drug-likeness (QED) is 0.851. The van der Waals surface area contributed by atoms with Crippen LogP contribution in [0.3, 0.4) is 0 Å². The molecular weight excluding hydrogens is 282 g/mol. The monoisotopic (exact) mass is 299 g/mol. The normalized spacial score (nSPS) is 12.6. The van der Waals surface area contributed by atoms with Gasteiger partial charge in [-0.1, -0.05) is 54.6 Å². The summed E-state index contributed by atoms with van der Waals surface area (Å²) in [5.74, 6) is -0.799. The van der Waals surface area contributed by atoms with Crippen LogP contribution in [0.4, 0.5) is 0 Å². The zero-order valence-corrected chi connectivity index (χ0v) is 12.7.